The van der Waals surface area contributed by atoms with Crippen LogP contribution in [0.5, 0.6) is 0 Å². The summed E-state index contributed by atoms with van der Waals surface area (Å²) in [5.74, 6) is 0.692. The minimum Gasteiger partial charge on any atom is -0.352 e. The normalized spacial score (nSPS) is 14.5. The van der Waals surface area contributed by atoms with Crippen LogP contribution in [0.15, 0.2) is 47.4 Å². The molecule has 0 saturated carbocycles. The van der Waals surface area contributed by atoms with Gasteiger partial charge in [0.2, 0.25) is 11.7 Å². The lowest BCUT2D eigenvalue weighted by Crippen LogP contribution is -2.17. The number of sulfone groups is 1. The zero-order valence-electron chi connectivity index (χ0n) is 14.1. The first-order valence-corrected chi connectivity index (χ1v) is 9.91. The summed E-state index contributed by atoms with van der Waals surface area (Å²) >= 11 is 0. The molecule has 2 N–H and O–H groups in total. The first-order chi connectivity index (χ1) is 11.8. The number of rotatable bonds is 7. The molecule has 3 heterocycles. The van der Waals surface area contributed by atoms with Crippen molar-refractivity contribution in [3.05, 3.63) is 60.3 Å². The van der Waals surface area contributed by atoms with E-state index in [0.717, 1.165) is 5.69 Å². The van der Waals surface area contributed by atoms with E-state index in [0.29, 0.717) is 5.82 Å². The Labute approximate surface area is 146 Å². The van der Waals surface area contributed by atoms with Gasteiger partial charge in [-0.3, -0.25) is 0 Å². The van der Waals surface area contributed by atoms with Gasteiger partial charge in [0, 0.05) is 37.6 Å². The molecule has 0 radical (unpaired) electrons. The molecule has 0 bridgehead atoms. The van der Waals surface area contributed by atoms with E-state index in [1.165, 1.54) is 6.26 Å². The summed E-state index contributed by atoms with van der Waals surface area (Å²) in [7, 11) is -1.14. The molecule has 0 spiro atoms. The molecule has 134 valence electrons. The summed E-state index contributed by atoms with van der Waals surface area (Å²) in [6, 6.07) is 6.92. The standard InChI is InChI=1S/C16H21N5O3S/c1-20-8-5-6-13(20)14(21-9-3-4-10-21)15-18-16(24-19-15)12(17)7-11-25(2,22)23/h3-6,8-10,12,14H,7,11,17H2,1-2H3/t12-,14-/m0/s1. The van der Waals surface area contributed by atoms with Crippen LogP contribution < -0.4 is 5.73 Å². The average Bonchev–Trinajstić information content (AvgIpc) is 3.28. The van der Waals surface area contributed by atoms with Crippen LogP contribution in [-0.4, -0.2) is 39.7 Å². The van der Waals surface area contributed by atoms with Crippen molar-refractivity contribution in [2.24, 2.45) is 12.8 Å². The summed E-state index contributed by atoms with van der Waals surface area (Å²) in [6.07, 6.45) is 7.22. The number of aromatic nitrogens is 4. The van der Waals surface area contributed by atoms with Crippen LogP contribution in [0.1, 0.15) is 35.9 Å². The lowest BCUT2D eigenvalue weighted by atomic mass is 10.2. The van der Waals surface area contributed by atoms with Gasteiger partial charge in [-0.25, -0.2) is 8.42 Å². The fourth-order valence-corrected chi connectivity index (χ4v) is 3.35. The Balaban J connectivity index is 1.89. The van der Waals surface area contributed by atoms with Gasteiger partial charge in [0.05, 0.1) is 11.8 Å². The van der Waals surface area contributed by atoms with E-state index >= 15 is 0 Å². The first-order valence-electron chi connectivity index (χ1n) is 7.85. The molecular weight excluding hydrogens is 342 g/mol. The second-order valence-corrected chi connectivity index (χ2v) is 8.35. The van der Waals surface area contributed by atoms with Gasteiger partial charge in [-0.2, -0.15) is 4.98 Å². The van der Waals surface area contributed by atoms with Crippen LogP contribution in [-0.2, 0) is 16.9 Å². The molecule has 3 aromatic rings. The highest BCUT2D eigenvalue weighted by Crippen LogP contribution is 2.26. The molecule has 2 atom stereocenters. The van der Waals surface area contributed by atoms with Gasteiger partial charge in [0.1, 0.15) is 15.9 Å². The lowest BCUT2D eigenvalue weighted by molar-refractivity contribution is 0.345. The SMILES string of the molecule is Cn1cccc1[C@@H](c1noc([C@@H](N)CCS(C)(=O)=O)n1)n1cccc1. The van der Waals surface area contributed by atoms with Crippen molar-refractivity contribution in [1.29, 1.82) is 0 Å². The third kappa shape index (κ3) is 3.99. The van der Waals surface area contributed by atoms with Crippen molar-refractivity contribution in [2.75, 3.05) is 12.0 Å². The molecule has 3 aromatic heterocycles. The fourth-order valence-electron chi connectivity index (χ4n) is 2.67. The summed E-state index contributed by atoms with van der Waals surface area (Å²) in [5.41, 5.74) is 7.00. The monoisotopic (exact) mass is 363 g/mol. The van der Waals surface area contributed by atoms with E-state index in [4.69, 9.17) is 10.3 Å². The van der Waals surface area contributed by atoms with Gasteiger partial charge in [-0.05, 0) is 30.7 Å². The molecule has 0 fully saturated rings. The van der Waals surface area contributed by atoms with Crippen molar-refractivity contribution >= 4 is 9.84 Å². The Bertz CT molecular complexity index is 927. The van der Waals surface area contributed by atoms with Gasteiger partial charge >= 0.3 is 0 Å². The summed E-state index contributed by atoms with van der Waals surface area (Å²) in [4.78, 5) is 4.43. The highest BCUT2D eigenvalue weighted by molar-refractivity contribution is 7.90. The molecule has 0 amide bonds. The maximum Gasteiger partial charge on any atom is 0.243 e. The molecule has 8 nitrogen and oxygen atoms in total. The van der Waals surface area contributed by atoms with Crippen LogP contribution in [0.4, 0.5) is 0 Å². The van der Waals surface area contributed by atoms with E-state index in [1.807, 2.05) is 59.0 Å². The second-order valence-electron chi connectivity index (χ2n) is 6.09. The molecule has 0 aliphatic rings. The third-order valence-corrected chi connectivity index (χ3v) is 4.99. The maximum absolute atomic E-state index is 11.3. The van der Waals surface area contributed by atoms with Crippen molar-refractivity contribution in [2.45, 2.75) is 18.5 Å². The van der Waals surface area contributed by atoms with E-state index in [9.17, 15) is 8.42 Å². The average molecular weight is 363 g/mol. The van der Waals surface area contributed by atoms with Crippen LogP contribution in [0, 0.1) is 0 Å². The van der Waals surface area contributed by atoms with Crippen molar-refractivity contribution in [3.63, 3.8) is 0 Å². The van der Waals surface area contributed by atoms with E-state index in [-0.39, 0.29) is 24.1 Å². The number of hydrogen-bond acceptors (Lipinski definition) is 6. The number of hydrogen-bond donors (Lipinski definition) is 1. The van der Waals surface area contributed by atoms with E-state index < -0.39 is 15.9 Å². The molecule has 0 saturated heterocycles. The zero-order chi connectivity index (χ0) is 18.0. The first kappa shape index (κ1) is 17.4. The van der Waals surface area contributed by atoms with Crippen LogP contribution >= 0.6 is 0 Å². The number of aryl methyl sites for hydroxylation is 1. The Morgan fingerprint density at radius 1 is 1.24 bits per heavy atom. The van der Waals surface area contributed by atoms with Crippen LogP contribution in [0.25, 0.3) is 0 Å². The van der Waals surface area contributed by atoms with Gasteiger partial charge < -0.3 is 19.4 Å². The summed E-state index contributed by atoms with van der Waals surface area (Å²) in [5, 5.41) is 4.09. The number of nitrogens with zero attached hydrogens (tertiary/aromatic N) is 4. The molecule has 0 aliphatic heterocycles. The van der Waals surface area contributed by atoms with Gasteiger partial charge in [-0.1, -0.05) is 5.16 Å². The fraction of sp³-hybridized carbons (Fsp3) is 0.375. The third-order valence-electron chi connectivity index (χ3n) is 4.01. The minimum absolute atomic E-state index is 0.0231. The summed E-state index contributed by atoms with van der Waals surface area (Å²) < 4.78 is 31.9. The minimum atomic E-state index is -3.09. The Morgan fingerprint density at radius 3 is 2.56 bits per heavy atom. The van der Waals surface area contributed by atoms with Gasteiger partial charge in [0.25, 0.3) is 0 Å². The Morgan fingerprint density at radius 2 is 1.96 bits per heavy atom. The highest BCUT2D eigenvalue weighted by Gasteiger charge is 2.25. The topological polar surface area (TPSA) is 109 Å². The predicted molar refractivity (Wildman–Crippen MR) is 92.6 cm³/mol. The maximum atomic E-state index is 11.3. The van der Waals surface area contributed by atoms with Crippen molar-refractivity contribution < 1.29 is 12.9 Å². The van der Waals surface area contributed by atoms with Crippen LogP contribution in [0.3, 0.4) is 0 Å². The molecule has 0 unspecified atom stereocenters. The number of nitrogens with two attached hydrogens (primary N) is 1. The second kappa shape index (κ2) is 6.85. The molecule has 0 aliphatic carbocycles. The molecule has 0 aromatic carbocycles. The molecule has 9 heteroatoms. The predicted octanol–water partition coefficient (Wildman–Crippen LogP) is 1.28. The van der Waals surface area contributed by atoms with Crippen LogP contribution in [0.2, 0.25) is 0 Å². The van der Waals surface area contributed by atoms with Gasteiger partial charge in [0.15, 0.2) is 0 Å². The highest BCUT2D eigenvalue weighted by atomic mass is 32.2. The largest absolute Gasteiger partial charge is 0.352 e. The Hall–Kier alpha value is -2.39. The molecular formula is C16H21N5O3S. The molecule has 3 rings (SSSR count). The van der Waals surface area contributed by atoms with Crippen molar-refractivity contribution in [1.82, 2.24) is 19.3 Å². The zero-order valence-corrected chi connectivity index (χ0v) is 14.9. The van der Waals surface area contributed by atoms with Gasteiger partial charge in [-0.15, -0.1) is 0 Å². The lowest BCUT2D eigenvalue weighted by Gasteiger charge is -2.16. The van der Waals surface area contributed by atoms with Crippen molar-refractivity contribution in [3.8, 4) is 0 Å². The van der Waals surface area contributed by atoms with E-state index in [1.54, 1.807) is 0 Å². The molecule has 25 heavy (non-hydrogen) atoms. The quantitative estimate of drug-likeness (QED) is 0.677. The summed E-state index contributed by atoms with van der Waals surface area (Å²) in [6.45, 7) is 0. The smallest absolute Gasteiger partial charge is 0.243 e. The van der Waals surface area contributed by atoms with E-state index in [2.05, 4.69) is 10.1 Å². The Kier molecular flexibility index (Phi) is 4.78.